The Morgan fingerprint density at radius 3 is 2.79 bits per heavy atom. The molecule has 0 aliphatic heterocycles. The average Bonchev–Trinajstić information content (AvgIpc) is 2.17. The first-order valence-corrected chi connectivity index (χ1v) is 5.25. The average molecular weight is 212 g/mol. The van der Waals surface area contributed by atoms with Crippen LogP contribution < -0.4 is 5.32 Å². The van der Waals surface area contributed by atoms with Gasteiger partial charge >= 0.3 is 0 Å². The summed E-state index contributed by atoms with van der Waals surface area (Å²) in [5, 5.41) is 13.5. The third-order valence-electron chi connectivity index (χ3n) is 2.78. The third-order valence-corrected chi connectivity index (χ3v) is 3.01. The van der Waals surface area contributed by atoms with E-state index in [4.69, 9.17) is 11.6 Å². The molecule has 0 radical (unpaired) electrons. The summed E-state index contributed by atoms with van der Waals surface area (Å²) in [7, 11) is 0. The van der Waals surface area contributed by atoms with Gasteiger partial charge in [-0.1, -0.05) is 17.7 Å². The monoisotopic (exact) mass is 211 g/mol. The van der Waals surface area contributed by atoms with Gasteiger partial charge in [0.25, 0.3) is 0 Å². The van der Waals surface area contributed by atoms with Gasteiger partial charge in [-0.25, -0.2) is 0 Å². The lowest BCUT2D eigenvalue weighted by molar-refractivity contribution is 0.0786. The summed E-state index contributed by atoms with van der Waals surface area (Å²) in [4.78, 5) is 0. The number of anilines is 1. The summed E-state index contributed by atoms with van der Waals surface area (Å²) in [6.07, 6.45) is 1.73. The minimum absolute atomic E-state index is 0.201. The minimum Gasteiger partial charge on any atom is -0.391 e. The molecule has 14 heavy (non-hydrogen) atoms. The maximum absolute atomic E-state index is 9.43. The number of hydrogen-bond acceptors (Lipinski definition) is 2. The predicted octanol–water partition coefficient (Wildman–Crippen LogP) is 2.58. The summed E-state index contributed by atoms with van der Waals surface area (Å²) in [5.74, 6) is 0. The molecule has 0 saturated heterocycles. The van der Waals surface area contributed by atoms with Crippen LogP contribution in [0.1, 0.15) is 18.4 Å². The highest BCUT2D eigenvalue weighted by molar-refractivity contribution is 6.30. The Morgan fingerprint density at radius 2 is 2.21 bits per heavy atom. The molecule has 2 atom stereocenters. The molecule has 76 valence electrons. The predicted molar refractivity (Wildman–Crippen MR) is 58.8 cm³/mol. The number of rotatable bonds is 2. The number of nitrogens with one attached hydrogen (secondary N) is 1. The van der Waals surface area contributed by atoms with E-state index in [0.29, 0.717) is 0 Å². The molecular formula is C11H14ClNO. The van der Waals surface area contributed by atoms with Crippen molar-refractivity contribution in [2.45, 2.75) is 31.9 Å². The van der Waals surface area contributed by atoms with Gasteiger partial charge in [0.2, 0.25) is 0 Å². The maximum atomic E-state index is 9.43. The number of aliphatic hydroxyl groups excluding tert-OH is 1. The first-order chi connectivity index (χ1) is 6.66. The van der Waals surface area contributed by atoms with E-state index in [-0.39, 0.29) is 12.1 Å². The molecule has 0 unspecified atom stereocenters. The van der Waals surface area contributed by atoms with Crippen molar-refractivity contribution in [3.8, 4) is 0 Å². The van der Waals surface area contributed by atoms with Gasteiger partial charge in [0.15, 0.2) is 0 Å². The van der Waals surface area contributed by atoms with Gasteiger partial charge in [-0.05, 0) is 37.5 Å². The molecule has 1 fully saturated rings. The van der Waals surface area contributed by atoms with E-state index >= 15 is 0 Å². The van der Waals surface area contributed by atoms with Crippen LogP contribution in [0.15, 0.2) is 18.2 Å². The highest BCUT2D eigenvalue weighted by Crippen LogP contribution is 2.27. The van der Waals surface area contributed by atoms with E-state index in [1.54, 1.807) is 0 Å². The van der Waals surface area contributed by atoms with Gasteiger partial charge in [0.05, 0.1) is 12.1 Å². The Labute approximate surface area is 88.9 Å². The zero-order valence-electron chi connectivity index (χ0n) is 8.13. The lowest BCUT2D eigenvalue weighted by Crippen LogP contribution is -2.42. The van der Waals surface area contributed by atoms with Crippen LogP contribution in [0.5, 0.6) is 0 Å². The Hall–Kier alpha value is -0.730. The van der Waals surface area contributed by atoms with E-state index in [1.807, 2.05) is 25.1 Å². The molecule has 0 spiro atoms. The van der Waals surface area contributed by atoms with Crippen LogP contribution in [0.3, 0.4) is 0 Å². The molecular weight excluding hydrogens is 198 g/mol. The van der Waals surface area contributed by atoms with Crippen molar-refractivity contribution in [1.29, 1.82) is 0 Å². The molecule has 1 aromatic carbocycles. The van der Waals surface area contributed by atoms with Crippen LogP contribution in [0.4, 0.5) is 5.69 Å². The van der Waals surface area contributed by atoms with Gasteiger partial charge in [0, 0.05) is 10.7 Å². The highest BCUT2D eigenvalue weighted by Gasteiger charge is 2.28. The lowest BCUT2D eigenvalue weighted by atomic mass is 9.89. The standard InChI is InChI=1S/C11H14ClNO/c1-7-2-3-8(12)6-10(7)13-9-4-5-11(9)14/h2-3,6,9,11,13-14H,4-5H2,1H3/t9-,11-/m1/s1. The fourth-order valence-corrected chi connectivity index (χ4v) is 1.77. The topological polar surface area (TPSA) is 32.3 Å². The second-order valence-corrected chi connectivity index (χ2v) is 4.29. The van der Waals surface area contributed by atoms with Crippen molar-refractivity contribution in [2.24, 2.45) is 0 Å². The van der Waals surface area contributed by atoms with E-state index in [9.17, 15) is 5.11 Å². The van der Waals surface area contributed by atoms with Gasteiger partial charge in [-0.2, -0.15) is 0 Å². The zero-order chi connectivity index (χ0) is 10.1. The molecule has 3 heteroatoms. The summed E-state index contributed by atoms with van der Waals surface area (Å²) in [5.41, 5.74) is 2.19. The molecule has 2 N–H and O–H groups in total. The van der Waals surface area contributed by atoms with Crippen molar-refractivity contribution < 1.29 is 5.11 Å². The number of aliphatic hydroxyl groups is 1. The van der Waals surface area contributed by atoms with Crippen LogP contribution in [0, 0.1) is 6.92 Å². The Bertz CT molecular complexity index is 340. The highest BCUT2D eigenvalue weighted by atomic mass is 35.5. The van der Waals surface area contributed by atoms with Crippen LogP contribution in [0.2, 0.25) is 5.02 Å². The summed E-state index contributed by atoms with van der Waals surface area (Å²) in [6, 6.07) is 5.96. The fourth-order valence-electron chi connectivity index (χ4n) is 1.60. The van der Waals surface area contributed by atoms with Gasteiger partial charge in [0.1, 0.15) is 0 Å². The van der Waals surface area contributed by atoms with Crippen molar-refractivity contribution >= 4 is 17.3 Å². The molecule has 2 nitrogen and oxygen atoms in total. The van der Waals surface area contributed by atoms with Gasteiger partial charge < -0.3 is 10.4 Å². The van der Waals surface area contributed by atoms with E-state index in [0.717, 1.165) is 29.1 Å². The molecule has 0 aromatic heterocycles. The summed E-state index contributed by atoms with van der Waals surface area (Å²) >= 11 is 5.90. The van der Waals surface area contributed by atoms with Crippen molar-refractivity contribution in [3.05, 3.63) is 28.8 Å². The molecule has 0 amide bonds. The zero-order valence-corrected chi connectivity index (χ0v) is 8.88. The number of benzene rings is 1. The second kappa shape index (κ2) is 3.79. The van der Waals surface area contributed by atoms with Crippen LogP contribution >= 0.6 is 11.6 Å². The lowest BCUT2D eigenvalue weighted by Gasteiger charge is -2.34. The number of halogens is 1. The molecule has 1 saturated carbocycles. The quantitative estimate of drug-likeness (QED) is 0.788. The summed E-state index contributed by atoms with van der Waals surface area (Å²) < 4.78 is 0. The molecule has 1 aromatic rings. The first kappa shape index (κ1) is 9.81. The van der Waals surface area contributed by atoms with E-state index < -0.39 is 0 Å². The number of aryl methyl sites for hydroxylation is 1. The Morgan fingerprint density at radius 1 is 1.43 bits per heavy atom. The molecule has 0 heterocycles. The van der Waals surface area contributed by atoms with Crippen molar-refractivity contribution in [3.63, 3.8) is 0 Å². The fraction of sp³-hybridized carbons (Fsp3) is 0.455. The second-order valence-electron chi connectivity index (χ2n) is 3.85. The van der Waals surface area contributed by atoms with E-state index in [2.05, 4.69) is 5.32 Å². The maximum Gasteiger partial charge on any atom is 0.0741 e. The van der Waals surface area contributed by atoms with Crippen LogP contribution in [-0.2, 0) is 0 Å². The largest absolute Gasteiger partial charge is 0.391 e. The van der Waals surface area contributed by atoms with Crippen molar-refractivity contribution in [1.82, 2.24) is 0 Å². The van der Waals surface area contributed by atoms with Crippen molar-refractivity contribution in [2.75, 3.05) is 5.32 Å². The SMILES string of the molecule is Cc1ccc(Cl)cc1N[C@@H]1CC[C@H]1O. The van der Waals surface area contributed by atoms with E-state index in [1.165, 1.54) is 0 Å². The molecule has 1 aliphatic carbocycles. The minimum atomic E-state index is -0.201. The normalized spacial score (nSPS) is 25.6. The smallest absolute Gasteiger partial charge is 0.0741 e. The van der Waals surface area contributed by atoms with Crippen LogP contribution in [0.25, 0.3) is 0 Å². The molecule has 0 bridgehead atoms. The Kier molecular flexibility index (Phi) is 2.66. The van der Waals surface area contributed by atoms with Gasteiger partial charge in [-0.3, -0.25) is 0 Å². The molecule has 1 aliphatic rings. The summed E-state index contributed by atoms with van der Waals surface area (Å²) in [6.45, 7) is 2.03. The van der Waals surface area contributed by atoms with Gasteiger partial charge in [-0.15, -0.1) is 0 Å². The number of hydrogen-bond donors (Lipinski definition) is 2. The van der Waals surface area contributed by atoms with Crippen LogP contribution in [-0.4, -0.2) is 17.3 Å². The first-order valence-electron chi connectivity index (χ1n) is 4.87. The third kappa shape index (κ3) is 1.86. The molecule has 2 rings (SSSR count). The Balaban J connectivity index is 2.11.